The average molecular weight is 311 g/mol. The van der Waals surface area contributed by atoms with E-state index in [1.54, 1.807) is 18.2 Å². The summed E-state index contributed by atoms with van der Waals surface area (Å²) in [5, 5.41) is 2.93. The van der Waals surface area contributed by atoms with E-state index in [1.165, 1.54) is 7.11 Å². The van der Waals surface area contributed by atoms with Crippen molar-refractivity contribution in [2.45, 2.75) is 26.2 Å². The predicted molar refractivity (Wildman–Crippen MR) is 90.6 cm³/mol. The van der Waals surface area contributed by atoms with E-state index in [9.17, 15) is 9.59 Å². The minimum absolute atomic E-state index is 0.0798. The van der Waals surface area contributed by atoms with Crippen molar-refractivity contribution in [1.82, 2.24) is 0 Å². The van der Waals surface area contributed by atoms with E-state index < -0.39 is 5.97 Å². The maximum atomic E-state index is 12.6. The fourth-order valence-corrected chi connectivity index (χ4v) is 2.48. The fraction of sp³-hybridized carbons (Fsp3) is 0.263. The second-order valence-corrected chi connectivity index (χ2v) is 5.38. The Morgan fingerprint density at radius 1 is 1.13 bits per heavy atom. The van der Waals surface area contributed by atoms with E-state index in [2.05, 4.69) is 5.32 Å². The Balaban J connectivity index is 2.23. The Labute approximate surface area is 136 Å². The maximum Gasteiger partial charge on any atom is 0.337 e. The van der Waals surface area contributed by atoms with Gasteiger partial charge in [0.2, 0.25) is 5.91 Å². The number of amides is 1. The molecule has 0 aromatic heterocycles. The number of hydrogen-bond donors (Lipinski definition) is 1. The number of methoxy groups -OCH3 is 1. The summed E-state index contributed by atoms with van der Waals surface area (Å²) in [5.41, 5.74) is 2.93. The molecule has 0 aliphatic heterocycles. The third-order valence-electron chi connectivity index (χ3n) is 3.84. The van der Waals surface area contributed by atoms with Gasteiger partial charge in [-0.2, -0.15) is 0 Å². The number of anilines is 1. The van der Waals surface area contributed by atoms with Gasteiger partial charge in [0.05, 0.1) is 18.6 Å². The molecule has 23 heavy (non-hydrogen) atoms. The average Bonchev–Trinajstić information content (AvgIpc) is 2.57. The van der Waals surface area contributed by atoms with Crippen molar-refractivity contribution in [1.29, 1.82) is 0 Å². The SMILES string of the molecule is CC[C@H](C(=O)Nc1cc(C(=O)OC)ccc1C)c1ccccc1. The summed E-state index contributed by atoms with van der Waals surface area (Å²) in [5.74, 6) is -0.725. The van der Waals surface area contributed by atoms with Crippen LogP contribution in [0.4, 0.5) is 5.69 Å². The topological polar surface area (TPSA) is 55.4 Å². The lowest BCUT2D eigenvalue weighted by molar-refractivity contribution is -0.117. The summed E-state index contributed by atoms with van der Waals surface area (Å²) in [6, 6.07) is 14.8. The smallest absolute Gasteiger partial charge is 0.337 e. The quantitative estimate of drug-likeness (QED) is 0.852. The van der Waals surface area contributed by atoms with Crippen LogP contribution in [-0.4, -0.2) is 19.0 Å². The molecule has 4 heteroatoms. The van der Waals surface area contributed by atoms with Crippen LogP contribution < -0.4 is 5.32 Å². The van der Waals surface area contributed by atoms with Gasteiger partial charge in [0.25, 0.3) is 0 Å². The molecular formula is C19H21NO3. The molecule has 0 radical (unpaired) electrons. The summed E-state index contributed by atoms with van der Waals surface area (Å²) >= 11 is 0. The minimum Gasteiger partial charge on any atom is -0.465 e. The lowest BCUT2D eigenvalue weighted by atomic mass is 9.95. The number of rotatable bonds is 5. The van der Waals surface area contributed by atoms with Gasteiger partial charge in [-0.25, -0.2) is 4.79 Å². The van der Waals surface area contributed by atoms with Crippen molar-refractivity contribution in [2.75, 3.05) is 12.4 Å². The molecule has 120 valence electrons. The van der Waals surface area contributed by atoms with Gasteiger partial charge in [-0.3, -0.25) is 4.79 Å². The zero-order valence-corrected chi connectivity index (χ0v) is 13.6. The molecule has 0 saturated heterocycles. The molecule has 0 unspecified atom stereocenters. The van der Waals surface area contributed by atoms with Crippen LogP contribution in [-0.2, 0) is 9.53 Å². The lowest BCUT2D eigenvalue weighted by Crippen LogP contribution is -2.21. The standard InChI is InChI=1S/C19H21NO3/c1-4-16(14-8-6-5-7-9-14)18(21)20-17-12-15(19(22)23-3)11-10-13(17)2/h5-12,16H,4H2,1-3H3,(H,20,21)/t16-/m0/s1. The molecule has 0 heterocycles. The molecule has 1 amide bonds. The van der Waals surface area contributed by atoms with E-state index in [-0.39, 0.29) is 11.8 Å². The summed E-state index contributed by atoms with van der Waals surface area (Å²) in [6.07, 6.45) is 0.700. The molecule has 0 aliphatic carbocycles. The molecule has 0 saturated carbocycles. The Kier molecular flexibility index (Phi) is 5.52. The number of nitrogens with one attached hydrogen (secondary N) is 1. The number of esters is 1. The van der Waals surface area contributed by atoms with E-state index in [0.29, 0.717) is 17.7 Å². The number of hydrogen-bond acceptors (Lipinski definition) is 3. The third-order valence-corrected chi connectivity index (χ3v) is 3.84. The van der Waals surface area contributed by atoms with Gasteiger partial charge >= 0.3 is 5.97 Å². The number of aryl methyl sites for hydroxylation is 1. The lowest BCUT2D eigenvalue weighted by Gasteiger charge is -2.17. The van der Waals surface area contributed by atoms with Crippen molar-refractivity contribution in [2.24, 2.45) is 0 Å². The van der Waals surface area contributed by atoms with Crippen LogP contribution in [0.15, 0.2) is 48.5 Å². The largest absolute Gasteiger partial charge is 0.465 e. The fourth-order valence-electron chi connectivity index (χ4n) is 2.48. The van der Waals surface area contributed by atoms with Gasteiger partial charge in [-0.15, -0.1) is 0 Å². The zero-order chi connectivity index (χ0) is 16.8. The predicted octanol–water partition coefficient (Wildman–Crippen LogP) is 3.91. The number of benzene rings is 2. The number of carbonyl (C=O) groups excluding carboxylic acids is 2. The van der Waals surface area contributed by atoms with Crippen molar-refractivity contribution < 1.29 is 14.3 Å². The van der Waals surface area contributed by atoms with E-state index in [0.717, 1.165) is 11.1 Å². The van der Waals surface area contributed by atoms with E-state index in [4.69, 9.17) is 4.74 Å². The third kappa shape index (κ3) is 3.97. The Morgan fingerprint density at radius 3 is 2.43 bits per heavy atom. The summed E-state index contributed by atoms with van der Waals surface area (Å²) in [7, 11) is 1.34. The molecule has 2 aromatic carbocycles. The second kappa shape index (κ2) is 7.58. The van der Waals surface area contributed by atoms with Gasteiger partial charge in [0, 0.05) is 5.69 Å². The van der Waals surface area contributed by atoms with E-state index in [1.807, 2.05) is 44.2 Å². The molecule has 0 aliphatic rings. The summed E-state index contributed by atoms with van der Waals surface area (Å²) in [6.45, 7) is 3.87. The first-order chi connectivity index (χ1) is 11.1. The molecule has 2 rings (SSSR count). The Hall–Kier alpha value is -2.62. The molecular weight excluding hydrogens is 290 g/mol. The van der Waals surface area contributed by atoms with Crippen molar-refractivity contribution in [3.05, 3.63) is 65.2 Å². The van der Waals surface area contributed by atoms with Crippen molar-refractivity contribution >= 4 is 17.6 Å². The first-order valence-corrected chi connectivity index (χ1v) is 7.61. The molecule has 2 aromatic rings. The zero-order valence-electron chi connectivity index (χ0n) is 13.6. The van der Waals surface area contributed by atoms with Crippen molar-refractivity contribution in [3.63, 3.8) is 0 Å². The maximum absolute atomic E-state index is 12.6. The highest BCUT2D eigenvalue weighted by molar-refractivity contribution is 5.98. The molecule has 0 spiro atoms. The summed E-state index contributed by atoms with van der Waals surface area (Å²) < 4.78 is 4.72. The number of ether oxygens (including phenoxy) is 1. The van der Waals surface area contributed by atoms with Crippen LogP contribution in [0.2, 0.25) is 0 Å². The highest BCUT2D eigenvalue weighted by Crippen LogP contribution is 2.24. The normalized spacial score (nSPS) is 11.6. The van der Waals surface area contributed by atoms with Gasteiger partial charge < -0.3 is 10.1 Å². The Morgan fingerprint density at radius 2 is 1.83 bits per heavy atom. The monoisotopic (exact) mass is 311 g/mol. The minimum atomic E-state index is -0.421. The van der Waals surface area contributed by atoms with E-state index >= 15 is 0 Å². The summed E-state index contributed by atoms with van der Waals surface area (Å²) in [4.78, 5) is 24.3. The first kappa shape index (κ1) is 16.7. The van der Waals surface area contributed by atoms with Crippen molar-refractivity contribution in [3.8, 4) is 0 Å². The molecule has 0 bridgehead atoms. The van der Waals surface area contributed by atoms with Gasteiger partial charge in [0.15, 0.2) is 0 Å². The first-order valence-electron chi connectivity index (χ1n) is 7.61. The highest BCUT2D eigenvalue weighted by atomic mass is 16.5. The molecule has 4 nitrogen and oxygen atoms in total. The van der Waals surface area contributed by atoms with Crippen LogP contribution in [0.3, 0.4) is 0 Å². The van der Waals surface area contributed by atoms with Crippen LogP contribution in [0, 0.1) is 6.92 Å². The highest BCUT2D eigenvalue weighted by Gasteiger charge is 2.19. The second-order valence-electron chi connectivity index (χ2n) is 5.38. The molecule has 1 N–H and O–H groups in total. The molecule has 0 fully saturated rings. The van der Waals surface area contributed by atoms with Crippen LogP contribution in [0.25, 0.3) is 0 Å². The van der Waals surface area contributed by atoms with Gasteiger partial charge in [-0.05, 0) is 36.6 Å². The Bertz CT molecular complexity index is 695. The number of carbonyl (C=O) groups is 2. The van der Waals surface area contributed by atoms with Crippen LogP contribution >= 0.6 is 0 Å². The molecule has 1 atom stereocenters. The van der Waals surface area contributed by atoms with Crippen LogP contribution in [0.5, 0.6) is 0 Å². The van der Waals surface area contributed by atoms with Gasteiger partial charge in [0.1, 0.15) is 0 Å². The van der Waals surface area contributed by atoms with Crippen LogP contribution in [0.1, 0.15) is 40.7 Å². The van der Waals surface area contributed by atoms with Gasteiger partial charge in [-0.1, -0.05) is 43.3 Å².